The maximum atomic E-state index is 13.1. The molecule has 3 N–H and O–H groups in total. The van der Waals surface area contributed by atoms with Crippen molar-refractivity contribution in [1.82, 2.24) is 9.47 Å². The molecule has 1 atom stereocenters. The molecule has 162 valence electrons. The van der Waals surface area contributed by atoms with Crippen molar-refractivity contribution in [3.63, 3.8) is 0 Å². The normalized spacial score (nSPS) is 19.1. The molecule has 0 spiro atoms. The molecule has 4 rings (SSSR count). The lowest BCUT2D eigenvalue weighted by molar-refractivity contribution is -0.125. The summed E-state index contributed by atoms with van der Waals surface area (Å²) in [6.07, 6.45) is 4.91. The van der Waals surface area contributed by atoms with Crippen LogP contribution >= 0.6 is 0 Å². The Morgan fingerprint density at radius 3 is 2.52 bits per heavy atom. The van der Waals surface area contributed by atoms with Crippen LogP contribution in [0.4, 0.5) is 5.82 Å². The molecule has 7 heteroatoms. The summed E-state index contributed by atoms with van der Waals surface area (Å²) in [5.74, 6) is -0.0812. The van der Waals surface area contributed by atoms with Crippen LogP contribution in [-0.2, 0) is 22.6 Å². The molecular formula is C24H29N5O2. The summed E-state index contributed by atoms with van der Waals surface area (Å²) in [6, 6.07) is 9.98. The van der Waals surface area contributed by atoms with Crippen molar-refractivity contribution in [3.05, 3.63) is 52.2 Å². The molecule has 2 amide bonds. The van der Waals surface area contributed by atoms with E-state index in [1.165, 1.54) is 0 Å². The van der Waals surface area contributed by atoms with E-state index in [4.69, 9.17) is 5.73 Å². The second kappa shape index (κ2) is 8.56. The number of hydrogen-bond donors (Lipinski definition) is 2. The number of primary amides is 1. The van der Waals surface area contributed by atoms with Gasteiger partial charge in [-0.05, 0) is 49.8 Å². The summed E-state index contributed by atoms with van der Waals surface area (Å²) in [7, 11) is 0. The first-order chi connectivity index (χ1) is 14.9. The summed E-state index contributed by atoms with van der Waals surface area (Å²) in [4.78, 5) is 27.0. The predicted molar refractivity (Wildman–Crippen MR) is 118 cm³/mol. The molecule has 1 aliphatic carbocycles. The van der Waals surface area contributed by atoms with E-state index in [9.17, 15) is 14.9 Å². The predicted octanol–water partition coefficient (Wildman–Crippen LogP) is 2.94. The second-order valence-corrected chi connectivity index (χ2v) is 8.70. The Morgan fingerprint density at radius 1 is 1.19 bits per heavy atom. The van der Waals surface area contributed by atoms with Crippen LogP contribution in [0.15, 0.2) is 24.3 Å². The lowest BCUT2D eigenvalue weighted by atomic mass is 9.93. The van der Waals surface area contributed by atoms with Crippen LogP contribution in [0.25, 0.3) is 0 Å². The van der Waals surface area contributed by atoms with Crippen molar-refractivity contribution in [1.29, 1.82) is 5.26 Å². The molecular weight excluding hydrogens is 390 g/mol. The Hall–Kier alpha value is -3.11. The molecule has 0 bridgehead atoms. The second-order valence-electron chi connectivity index (χ2n) is 8.70. The number of aromatic nitrogens is 1. The fourth-order valence-electron chi connectivity index (χ4n) is 5.09. The van der Waals surface area contributed by atoms with Crippen LogP contribution in [0, 0.1) is 25.2 Å². The first-order valence-electron chi connectivity index (χ1n) is 10.9. The quantitative estimate of drug-likeness (QED) is 0.777. The molecule has 31 heavy (non-hydrogen) atoms. The number of rotatable bonds is 5. The number of nitrogens with two attached hydrogens (primary N) is 1. The van der Waals surface area contributed by atoms with E-state index < -0.39 is 11.9 Å². The topological polar surface area (TPSA) is 104 Å². The molecule has 1 aromatic heterocycles. The van der Waals surface area contributed by atoms with Crippen LogP contribution in [0.3, 0.4) is 0 Å². The lowest BCUT2D eigenvalue weighted by Crippen LogP contribution is -2.51. The zero-order valence-electron chi connectivity index (χ0n) is 18.1. The Balaban J connectivity index is 1.58. The van der Waals surface area contributed by atoms with Gasteiger partial charge in [0.15, 0.2) is 0 Å². The standard InChI is InChI=1S/C24H29N5O2/c1-15-16(2)29(19-9-5-6-10-19)24(20(15)12-25)27-22(30)14-28-13-18-8-4-3-7-17(18)11-21(28)23(26)31/h3-4,7-8,19,21H,5-6,9-11,13-14H2,1-2H3,(H2,26,31)(H,27,30). The highest BCUT2D eigenvalue weighted by atomic mass is 16.2. The van der Waals surface area contributed by atoms with Gasteiger partial charge >= 0.3 is 0 Å². The molecule has 1 fully saturated rings. The van der Waals surface area contributed by atoms with Crippen molar-refractivity contribution in [3.8, 4) is 6.07 Å². The number of nitrogens with one attached hydrogen (secondary N) is 1. The van der Waals surface area contributed by atoms with Gasteiger partial charge in [0.25, 0.3) is 0 Å². The molecule has 2 heterocycles. The molecule has 2 aromatic rings. The minimum absolute atomic E-state index is 0.0424. The van der Waals surface area contributed by atoms with Gasteiger partial charge in [-0.15, -0.1) is 0 Å². The number of carbonyl (C=O) groups is 2. The van der Waals surface area contributed by atoms with E-state index in [0.29, 0.717) is 30.4 Å². The number of fused-ring (bicyclic) bond motifs is 1. The average molecular weight is 420 g/mol. The number of anilines is 1. The first-order valence-corrected chi connectivity index (χ1v) is 10.9. The molecule has 7 nitrogen and oxygen atoms in total. The van der Waals surface area contributed by atoms with E-state index in [1.807, 2.05) is 43.0 Å². The van der Waals surface area contributed by atoms with E-state index in [0.717, 1.165) is 48.1 Å². The summed E-state index contributed by atoms with van der Waals surface area (Å²) < 4.78 is 2.13. The SMILES string of the molecule is Cc1c(C#N)c(NC(=O)CN2Cc3ccccc3CC2C(N)=O)n(C2CCCC2)c1C. The van der Waals surface area contributed by atoms with Crippen LogP contribution in [0.2, 0.25) is 0 Å². The van der Waals surface area contributed by atoms with E-state index >= 15 is 0 Å². The Labute approximate surface area is 182 Å². The number of amides is 2. The Morgan fingerprint density at radius 2 is 1.87 bits per heavy atom. The molecule has 0 saturated heterocycles. The number of hydrogen-bond acceptors (Lipinski definition) is 4. The number of nitrogens with zero attached hydrogens (tertiary/aromatic N) is 3. The molecule has 1 saturated carbocycles. The monoisotopic (exact) mass is 419 g/mol. The van der Waals surface area contributed by atoms with E-state index in [-0.39, 0.29) is 12.5 Å². The number of carbonyl (C=O) groups excluding carboxylic acids is 2. The van der Waals surface area contributed by atoms with Gasteiger partial charge in [-0.1, -0.05) is 37.1 Å². The highest BCUT2D eigenvalue weighted by Crippen LogP contribution is 2.37. The summed E-state index contributed by atoms with van der Waals surface area (Å²) >= 11 is 0. The fourth-order valence-corrected chi connectivity index (χ4v) is 5.09. The minimum atomic E-state index is -0.527. The summed E-state index contributed by atoms with van der Waals surface area (Å²) in [5, 5.41) is 12.8. The largest absolute Gasteiger partial charge is 0.368 e. The van der Waals surface area contributed by atoms with Crippen LogP contribution < -0.4 is 11.1 Å². The van der Waals surface area contributed by atoms with E-state index in [1.54, 1.807) is 0 Å². The Kier molecular flexibility index (Phi) is 5.84. The molecule has 2 aliphatic rings. The van der Waals surface area contributed by atoms with Gasteiger partial charge in [0.2, 0.25) is 11.8 Å². The van der Waals surface area contributed by atoms with Gasteiger partial charge in [0, 0.05) is 18.3 Å². The van der Waals surface area contributed by atoms with Gasteiger partial charge in [-0.2, -0.15) is 5.26 Å². The van der Waals surface area contributed by atoms with Gasteiger partial charge < -0.3 is 15.6 Å². The van der Waals surface area contributed by atoms with Crippen molar-refractivity contribution in [2.75, 3.05) is 11.9 Å². The average Bonchev–Trinajstić information content (AvgIpc) is 3.34. The molecule has 1 aromatic carbocycles. The van der Waals surface area contributed by atoms with Crippen molar-refractivity contribution in [2.45, 2.75) is 64.6 Å². The lowest BCUT2D eigenvalue weighted by Gasteiger charge is -2.34. The highest BCUT2D eigenvalue weighted by Gasteiger charge is 2.32. The highest BCUT2D eigenvalue weighted by molar-refractivity contribution is 5.94. The van der Waals surface area contributed by atoms with Crippen LogP contribution in [0.5, 0.6) is 0 Å². The summed E-state index contributed by atoms with van der Waals surface area (Å²) in [5.41, 5.74) is 10.3. The van der Waals surface area contributed by atoms with E-state index in [2.05, 4.69) is 16.0 Å². The van der Waals surface area contributed by atoms with Gasteiger partial charge in [0.05, 0.1) is 18.2 Å². The van der Waals surface area contributed by atoms with Gasteiger partial charge in [0.1, 0.15) is 11.9 Å². The number of nitriles is 1. The van der Waals surface area contributed by atoms with Crippen LogP contribution in [-0.4, -0.2) is 33.9 Å². The van der Waals surface area contributed by atoms with Crippen molar-refractivity contribution in [2.24, 2.45) is 5.73 Å². The van der Waals surface area contributed by atoms with Crippen molar-refractivity contribution >= 4 is 17.6 Å². The first kappa shape index (κ1) is 21.1. The van der Waals surface area contributed by atoms with Crippen molar-refractivity contribution < 1.29 is 9.59 Å². The third kappa shape index (κ3) is 3.96. The van der Waals surface area contributed by atoms with Gasteiger partial charge in [-0.3, -0.25) is 14.5 Å². The van der Waals surface area contributed by atoms with Crippen LogP contribution in [0.1, 0.15) is 59.7 Å². The molecule has 1 aliphatic heterocycles. The minimum Gasteiger partial charge on any atom is -0.368 e. The number of benzene rings is 1. The zero-order chi connectivity index (χ0) is 22.1. The molecule has 1 unspecified atom stereocenters. The Bertz CT molecular complexity index is 1060. The smallest absolute Gasteiger partial charge is 0.239 e. The molecule has 0 radical (unpaired) electrons. The zero-order valence-corrected chi connectivity index (χ0v) is 18.1. The summed E-state index contributed by atoms with van der Waals surface area (Å²) in [6.45, 7) is 4.47. The third-order valence-electron chi connectivity index (χ3n) is 6.84. The third-order valence-corrected chi connectivity index (χ3v) is 6.84. The van der Waals surface area contributed by atoms with Gasteiger partial charge in [-0.25, -0.2) is 0 Å². The fraction of sp³-hybridized carbons (Fsp3) is 0.458. The maximum absolute atomic E-state index is 13.1. The maximum Gasteiger partial charge on any atom is 0.239 e.